The van der Waals surface area contributed by atoms with Crippen molar-refractivity contribution in [3.63, 3.8) is 0 Å². The van der Waals surface area contributed by atoms with Crippen LogP contribution in [-0.4, -0.2) is 52.8 Å². The van der Waals surface area contributed by atoms with Gasteiger partial charge in [0.05, 0.1) is 35.9 Å². The first-order valence-corrected chi connectivity index (χ1v) is 7.98. The highest BCUT2D eigenvalue weighted by atomic mass is 32.1. The van der Waals surface area contributed by atoms with Gasteiger partial charge in [-0.3, -0.25) is 4.79 Å². The number of nitrogens with zero attached hydrogens (tertiary/aromatic N) is 2. The summed E-state index contributed by atoms with van der Waals surface area (Å²) < 4.78 is 5.75. The van der Waals surface area contributed by atoms with Crippen LogP contribution >= 0.6 is 11.3 Å². The first-order chi connectivity index (χ1) is 9.67. The molecule has 1 saturated heterocycles. The number of rotatable bonds is 3. The van der Waals surface area contributed by atoms with Crippen LogP contribution in [0.4, 0.5) is 0 Å². The Morgan fingerprint density at radius 3 is 3.15 bits per heavy atom. The van der Waals surface area contributed by atoms with Gasteiger partial charge in [0.2, 0.25) is 5.91 Å². The minimum absolute atomic E-state index is 0.0991. The highest BCUT2D eigenvalue weighted by molar-refractivity contribution is 7.09. The fourth-order valence-electron chi connectivity index (χ4n) is 3.26. The van der Waals surface area contributed by atoms with Gasteiger partial charge in [-0.15, -0.1) is 11.3 Å². The number of aryl methyl sites for hydroxylation is 1. The third-order valence-electron chi connectivity index (χ3n) is 4.21. The highest BCUT2D eigenvalue weighted by Gasteiger charge is 2.42. The fraction of sp³-hybridized carbons (Fsp3) is 0.714. The lowest BCUT2D eigenvalue weighted by Gasteiger charge is -2.37. The summed E-state index contributed by atoms with van der Waals surface area (Å²) in [6.45, 7) is 3.39. The monoisotopic (exact) mass is 296 g/mol. The Balaban J connectivity index is 1.67. The standard InChI is InChI=1S/C14H20N2O3S/c1-9-15-11(8-20-9)6-14(18)16-2-3-19-13-5-10(7-17)4-12(13)16/h8,10,12-13,17H,2-7H2,1H3/t10-,12+,13+/m1/s1. The third kappa shape index (κ3) is 2.73. The van der Waals surface area contributed by atoms with Gasteiger partial charge in [0, 0.05) is 18.5 Å². The molecule has 0 aromatic carbocycles. The van der Waals surface area contributed by atoms with E-state index in [0.717, 1.165) is 23.5 Å². The summed E-state index contributed by atoms with van der Waals surface area (Å²) in [7, 11) is 0. The second kappa shape index (κ2) is 5.79. The van der Waals surface area contributed by atoms with E-state index in [2.05, 4.69) is 4.98 Å². The van der Waals surface area contributed by atoms with Gasteiger partial charge in [0.1, 0.15) is 0 Å². The SMILES string of the molecule is Cc1nc(CC(=O)N2CCO[C@H]3C[C@H](CO)C[C@@H]32)cs1. The van der Waals surface area contributed by atoms with Crippen molar-refractivity contribution in [1.82, 2.24) is 9.88 Å². The molecule has 1 aliphatic carbocycles. The summed E-state index contributed by atoms with van der Waals surface area (Å²) >= 11 is 1.58. The molecule has 20 heavy (non-hydrogen) atoms. The van der Waals surface area contributed by atoms with Gasteiger partial charge in [-0.2, -0.15) is 0 Å². The second-order valence-electron chi connectivity index (χ2n) is 5.62. The van der Waals surface area contributed by atoms with Crippen LogP contribution in [0.15, 0.2) is 5.38 Å². The molecule has 1 aliphatic heterocycles. The van der Waals surface area contributed by atoms with Crippen LogP contribution in [0.2, 0.25) is 0 Å². The molecule has 3 rings (SSSR count). The van der Waals surface area contributed by atoms with Gasteiger partial charge >= 0.3 is 0 Å². The Labute approximate surface area is 122 Å². The molecule has 1 amide bonds. The average Bonchev–Trinajstić information content (AvgIpc) is 3.03. The van der Waals surface area contributed by atoms with E-state index in [0.29, 0.717) is 19.6 Å². The summed E-state index contributed by atoms with van der Waals surface area (Å²) in [5.74, 6) is 0.395. The summed E-state index contributed by atoms with van der Waals surface area (Å²) in [5, 5.41) is 12.3. The van der Waals surface area contributed by atoms with Crippen molar-refractivity contribution in [1.29, 1.82) is 0 Å². The normalized spacial score (nSPS) is 29.5. The van der Waals surface area contributed by atoms with Gasteiger partial charge in [0.15, 0.2) is 0 Å². The Morgan fingerprint density at radius 1 is 1.60 bits per heavy atom. The lowest BCUT2D eigenvalue weighted by molar-refractivity contribution is -0.143. The molecule has 0 spiro atoms. The van der Waals surface area contributed by atoms with Crippen LogP contribution in [0.25, 0.3) is 0 Å². The van der Waals surface area contributed by atoms with Crippen molar-refractivity contribution in [2.45, 2.75) is 38.3 Å². The maximum absolute atomic E-state index is 12.5. The lowest BCUT2D eigenvalue weighted by Crippen LogP contribution is -2.51. The molecule has 0 bridgehead atoms. The molecular formula is C14H20N2O3S. The second-order valence-corrected chi connectivity index (χ2v) is 6.68. The Kier molecular flexibility index (Phi) is 4.05. The molecule has 0 unspecified atom stereocenters. The molecule has 0 radical (unpaired) electrons. The van der Waals surface area contributed by atoms with E-state index in [9.17, 15) is 9.90 Å². The Hall–Kier alpha value is -0.980. The summed E-state index contributed by atoms with van der Waals surface area (Å²) in [6.07, 6.45) is 2.18. The van der Waals surface area contributed by atoms with E-state index in [-0.39, 0.29) is 30.6 Å². The number of hydrogen-bond donors (Lipinski definition) is 1. The average molecular weight is 296 g/mol. The van der Waals surface area contributed by atoms with Crippen molar-refractivity contribution in [3.05, 3.63) is 16.1 Å². The number of fused-ring (bicyclic) bond motifs is 1. The first-order valence-electron chi connectivity index (χ1n) is 7.10. The number of ether oxygens (including phenoxy) is 1. The summed E-state index contributed by atoms with van der Waals surface area (Å²) in [6, 6.07) is 0.133. The molecule has 2 aliphatic rings. The predicted molar refractivity (Wildman–Crippen MR) is 75.6 cm³/mol. The third-order valence-corrected chi connectivity index (χ3v) is 5.03. The minimum Gasteiger partial charge on any atom is -0.396 e. The van der Waals surface area contributed by atoms with Crippen LogP contribution in [0, 0.1) is 12.8 Å². The fourth-order valence-corrected chi connectivity index (χ4v) is 3.87. The number of aliphatic hydroxyl groups is 1. The van der Waals surface area contributed by atoms with Crippen molar-refractivity contribution in [2.75, 3.05) is 19.8 Å². The first kappa shape index (κ1) is 14.0. The predicted octanol–water partition coefficient (Wildman–Crippen LogP) is 0.992. The number of thiazole rings is 1. The topological polar surface area (TPSA) is 62.7 Å². The molecule has 1 N–H and O–H groups in total. The number of morpholine rings is 1. The lowest BCUT2D eigenvalue weighted by atomic mass is 10.1. The van der Waals surface area contributed by atoms with Crippen molar-refractivity contribution in [2.24, 2.45) is 5.92 Å². The molecule has 1 aromatic heterocycles. The zero-order chi connectivity index (χ0) is 14.1. The van der Waals surface area contributed by atoms with Crippen LogP contribution in [0.3, 0.4) is 0 Å². The van der Waals surface area contributed by atoms with Crippen LogP contribution in [0.5, 0.6) is 0 Å². The van der Waals surface area contributed by atoms with E-state index in [1.165, 1.54) is 0 Å². The van der Waals surface area contributed by atoms with Gasteiger partial charge in [-0.05, 0) is 25.7 Å². The number of carbonyl (C=O) groups excluding carboxylic acids is 1. The van der Waals surface area contributed by atoms with Crippen LogP contribution in [-0.2, 0) is 16.0 Å². The van der Waals surface area contributed by atoms with Gasteiger partial charge in [-0.1, -0.05) is 0 Å². The Bertz CT molecular complexity index is 491. The van der Waals surface area contributed by atoms with Crippen molar-refractivity contribution < 1.29 is 14.6 Å². The van der Waals surface area contributed by atoms with E-state index >= 15 is 0 Å². The zero-order valence-electron chi connectivity index (χ0n) is 11.6. The molecule has 3 atom stereocenters. The molecular weight excluding hydrogens is 276 g/mol. The number of amides is 1. The number of aliphatic hydroxyl groups excluding tert-OH is 1. The quantitative estimate of drug-likeness (QED) is 0.903. The molecule has 2 fully saturated rings. The maximum Gasteiger partial charge on any atom is 0.229 e. The van der Waals surface area contributed by atoms with Crippen molar-refractivity contribution in [3.8, 4) is 0 Å². The molecule has 1 aromatic rings. The Morgan fingerprint density at radius 2 is 2.45 bits per heavy atom. The number of aromatic nitrogens is 1. The summed E-state index contributed by atoms with van der Waals surface area (Å²) in [5.41, 5.74) is 0.859. The van der Waals surface area contributed by atoms with Gasteiger partial charge < -0.3 is 14.7 Å². The smallest absolute Gasteiger partial charge is 0.229 e. The van der Waals surface area contributed by atoms with Crippen LogP contribution in [0.1, 0.15) is 23.5 Å². The minimum atomic E-state index is 0.0991. The molecule has 5 nitrogen and oxygen atoms in total. The zero-order valence-corrected chi connectivity index (χ0v) is 12.4. The number of carbonyl (C=O) groups is 1. The molecule has 6 heteroatoms. The maximum atomic E-state index is 12.5. The van der Waals surface area contributed by atoms with Crippen molar-refractivity contribution >= 4 is 17.2 Å². The highest BCUT2D eigenvalue weighted by Crippen LogP contribution is 2.34. The number of hydrogen-bond acceptors (Lipinski definition) is 5. The van der Waals surface area contributed by atoms with E-state index in [1.807, 2.05) is 17.2 Å². The van der Waals surface area contributed by atoms with Crippen LogP contribution < -0.4 is 0 Å². The molecule has 1 saturated carbocycles. The van der Waals surface area contributed by atoms with Gasteiger partial charge in [0.25, 0.3) is 0 Å². The molecule has 2 heterocycles. The molecule has 110 valence electrons. The van der Waals surface area contributed by atoms with E-state index in [1.54, 1.807) is 11.3 Å². The van der Waals surface area contributed by atoms with E-state index < -0.39 is 0 Å². The van der Waals surface area contributed by atoms with E-state index in [4.69, 9.17) is 4.74 Å². The largest absolute Gasteiger partial charge is 0.396 e. The van der Waals surface area contributed by atoms with Gasteiger partial charge in [-0.25, -0.2) is 4.98 Å². The summed E-state index contributed by atoms with van der Waals surface area (Å²) in [4.78, 5) is 18.8.